The van der Waals surface area contributed by atoms with Crippen LogP contribution in [0.1, 0.15) is 24.1 Å². The molecule has 0 fully saturated rings. The van der Waals surface area contributed by atoms with Gasteiger partial charge in [0.05, 0.1) is 7.11 Å². The summed E-state index contributed by atoms with van der Waals surface area (Å²) in [7, 11) is 1.64. The Bertz CT molecular complexity index is 588. The van der Waals surface area contributed by atoms with Crippen LogP contribution in [0.5, 0.6) is 5.75 Å². The highest BCUT2D eigenvalue weighted by Gasteiger charge is 2.08. The van der Waals surface area contributed by atoms with Crippen LogP contribution in [0.2, 0.25) is 5.02 Å². The second kappa shape index (κ2) is 6.73. The summed E-state index contributed by atoms with van der Waals surface area (Å²) in [5, 5.41) is 3.70. The van der Waals surface area contributed by atoms with Crippen LogP contribution in [0.15, 0.2) is 42.5 Å². The van der Waals surface area contributed by atoms with E-state index in [-0.39, 0.29) is 11.9 Å². The standard InChI is InChI=1S/C16H17ClFNO/c1-11(12-4-3-5-15(8-12)20-2)19-10-13-6-7-14(17)9-16(13)18/h3-9,11,19H,10H2,1-2H3. The van der Waals surface area contributed by atoms with E-state index in [4.69, 9.17) is 16.3 Å². The lowest BCUT2D eigenvalue weighted by Gasteiger charge is -2.15. The monoisotopic (exact) mass is 293 g/mol. The number of nitrogens with one attached hydrogen (secondary N) is 1. The Morgan fingerprint density at radius 1 is 1.25 bits per heavy atom. The van der Waals surface area contributed by atoms with Crippen molar-refractivity contribution in [2.45, 2.75) is 19.5 Å². The highest BCUT2D eigenvalue weighted by molar-refractivity contribution is 6.30. The van der Waals surface area contributed by atoms with E-state index in [1.807, 2.05) is 31.2 Å². The zero-order chi connectivity index (χ0) is 14.5. The second-order valence-corrected chi connectivity index (χ2v) is 5.05. The largest absolute Gasteiger partial charge is 0.497 e. The number of halogens is 2. The molecule has 2 rings (SSSR count). The van der Waals surface area contributed by atoms with Crippen molar-refractivity contribution in [2.24, 2.45) is 0 Å². The SMILES string of the molecule is COc1cccc(C(C)NCc2ccc(Cl)cc2F)c1. The molecule has 0 heterocycles. The maximum atomic E-state index is 13.7. The molecule has 106 valence electrons. The normalized spacial score (nSPS) is 12.2. The van der Waals surface area contributed by atoms with Gasteiger partial charge in [-0.15, -0.1) is 0 Å². The van der Waals surface area contributed by atoms with Crippen LogP contribution >= 0.6 is 11.6 Å². The predicted octanol–water partition coefficient (Wildman–Crippen LogP) is 4.34. The molecule has 2 aromatic carbocycles. The molecule has 0 aromatic heterocycles. The number of benzene rings is 2. The topological polar surface area (TPSA) is 21.3 Å². The van der Waals surface area contributed by atoms with Gasteiger partial charge in [-0.25, -0.2) is 4.39 Å². The Kier molecular flexibility index (Phi) is 4.99. The number of hydrogen-bond donors (Lipinski definition) is 1. The zero-order valence-electron chi connectivity index (χ0n) is 11.5. The molecule has 1 atom stereocenters. The summed E-state index contributed by atoms with van der Waals surface area (Å²) < 4.78 is 18.9. The molecule has 0 aliphatic heterocycles. The molecule has 1 N–H and O–H groups in total. The van der Waals surface area contributed by atoms with Crippen molar-refractivity contribution in [3.63, 3.8) is 0 Å². The average molecular weight is 294 g/mol. The third-order valence-electron chi connectivity index (χ3n) is 3.21. The van der Waals surface area contributed by atoms with Crippen LogP contribution in [-0.4, -0.2) is 7.11 Å². The molecule has 0 aliphatic rings. The highest BCUT2D eigenvalue weighted by atomic mass is 35.5. The Labute approximate surface area is 123 Å². The fourth-order valence-corrected chi connectivity index (χ4v) is 2.12. The van der Waals surface area contributed by atoms with Gasteiger partial charge in [0.1, 0.15) is 11.6 Å². The van der Waals surface area contributed by atoms with Crippen LogP contribution in [-0.2, 0) is 6.54 Å². The van der Waals surface area contributed by atoms with Gasteiger partial charge in [0.25, 0.3) is 0 Å². The summed E-state index contributed by atoms with van der Waals surface area (Å²) >= 11 is 5.73. The van der Waals surface area contributed by atoms with Gasteiger partial charge in [0.15, 0.2) is 0 Å². The minimum Gasteiger partial charge on any atom is -0.497 e. The van der Waals surface area contributed by atoms with Gasteiger partial charge >= 0.3 is 0 Å². The van der Waals surface area contributed by atoms with Gasteiger partial charge in [-0.3, -0.25) is 0 Å². The summed E-state index contributed by atoms with van der Waals surface area (Å²) in [6.45, 7) is 2.48. The lowest BCUT2D eigenvalue weighted by molar-refractivity contribution is 0.413. The summed E-state index contributed by atoms with van der Waals surface area (Å²) in [6.07, 6.45) is 0. The first-order valence-electron chi connectivity index (χ1n) is 6.41. The molecule has 0 spiro atoms. The smallest absolute Gasteiger partial charge is 0.129 e. The molecule has 0 aliphatic carbocycles. The Morgan fingerprint density at radius 2 is 2.05 bits per heavy atom. The van der Waals surface area contributed by atoms with Crippen LogP contribution in [0.4, 0.5) is 4.39 Å². The molecule has 4 heteroatoms. The lowest BCUT2D eigenvalue weighted by Crippen LogP contribution is -2.18. The van der Waals surface area contributed by atoms with Crippen molar-refractivity contribution in [3.8, 4) is 5.75 Å². The molecule has 2 nitrogen and oxygen atoms in total. The van der Waals surface area contributed by atoms with Crippen molar-refractivity contribution >= 4 is 11.6 Å². The lowest BCUT2D eigenvalue weighted by atomic mass is 10.1. The second-order valence-electron chi connectivity index (χ2n) is 4.61. The first-order chi connectivity index (χ1) is 9.60. The van der Waals surface area contributed by atoms with E-state index in [1.54, 1.807) is 19.2 Å². The quantitative estimate of drug-likeness (QED) is 0.885. The average Bonchev–Trinajstić information content (AvgIpc) is 2.46. The van der Waals surface area contributed by atoms with E-state index >= 15 is 0 Å². The fourth-order valence-electron chi connectivity index (χ4n) is 1.96. The number of ether oxygens (including phenoxy) is 1. The van der Waals surface area contributed by atoms with E-state index in [9.17, 15) is 4.39 Å². The summed E-state index contributed by atoms with van der Waals surface area (Å²) in [6, 6.07) is 12.6. The Balaban J connectivity index is 2.02. The van der Waals surface area contributed by atoms with Crippen molar-refractivity contribution in [1.29, 1.82) is 0 Å². The molecule has 0 radical (unpaired) electrons. The van der Waals surface area contributed by atoms with E-state index < -0.39 is 0 Å². The first-order valence-corrected chi connectivity index (χ1v) is 6.79. The third-order valence-corrected chi connectivity index (χ3v) is 3.44. The molecule has 0 amide bonds. The van der Waals surface area contributed by atoms with Crippen LogP contribution in [0.3, 0.4) is 0 Å². The number of methoxy groups -OCH3 is 1. The Morgan fingerprint density at radius 3 is 2.75 bits per heavy atom. The van der Waals surface area contributed by atoms with Gasteiger partial charge in [-0.1, -0.05) is 29.8 Å². The van der Waals surface area contributed by atoms with Crippen molar-refractivity contribution < 1.29 is 9.13 Å². The molecule has 0 saturated carbocycles. The fraction of sp³-hybridized carbons (Fsp3) is 0.250. The number of rotatable bonds is 5. The molecule has 0 bridgehead atoms. The third kappa shape index (κ3) is 3.71. The van der Waals surface area contributed by atoms with Crippen molar-refractivity contribution in [3.05, 3.63) is 64.4 Å². The van der Waals surface area contributed by atoms with Gasteiger partial charge in [-0.2, -0.15) is 0 Å². The minimum absolute atomic E-state index is 0.0974. The molecule has 2 aromatic rings. The maximum absolute atomic E-state index is 13.7. The first kappa shape index (κ1) is 14.8. The predicted molar refractivity (Wildman–Crippen MR) is 79.7 cm³/mol. The van der Waals surface area contributed by atoms with Gasteiger partial charge in [0.2, 0.25) is 0 Å². The van der Waals surface area contributed by atoms with E-state index in [2.05, 4.69) is 5.32 Å². The van der Waals surface area contributed by atoms with Crippen LogP contribution < -0.4 is 10.1 Å². The van der Waals surface area contributed by atoms with Gasteiger partial charge in [0, 0.05) is 23.2 Å². The highest BCUT2D eigenvalue weighted by Crippen LogP contribution is 2.20. The van der Waals surface area contributed by atoms with E-state index in [0.29, 0.717) is 17.1 Å². The van der Waals surface area contributed by atoms with Crippen molar-refractivity contribution in [1.82, 2.24) is 5.32 Å². The zero-order valence-corrected chi connectivity index (χ0v) is 12.2. The Hall–Kier alpha value is -1.58. The number of hydrogen-bond acceptors (Lipinski definition) is 2. The van der Waals surface area contributed by atoms with Crippen molar-refractivity contribution in [2.75, 3.05) is 7.11 Å². The minimum atomic E-state index is -0.289. The van der Waals surface area contributed by atoms with Gasteiger partial charge in [-0.05, 0) is 36.8 Å². The molecule has 20 heavy (non-hydrogen) atoms. The maximum Gasteiger partial charge on any atom is 0.129 e. The summed E-state index contributed by atoms with van der Waals surface area (Å²) in [5.41, 5.74) is 1.70. The molecule has 0 saturated heterocycles. The summed E-state index contributed by atoms with van der Waals surface area (Å²) in [4.78, 5) is 0. The molecule has 1 unspecified atom stereocenters. The van der Waals surface area contributed by atoms with E-state index in [1.165, 1.54) is 6.07 Å². The molecular formula is C16H17ClFNO. The van der Waals surface area contributed by atoms with E-state index in [0.717, 1.165) is 11.3 Å². The van der Waals surface area contributed by atoms with Gasteiger partial charge < -0.3 is 10.1 Å². The van der Waals surface area contributed by atoms with Crippen LogP contribution in [0, 0.1) is 5.82 Å². The summed E-state index contributed by atoms with van der Waals surface area (Å²) in [5.74, 6) is 0.525. The van der Waals surface area contributed by atoms with Crippen LogP contribution in [0.25, 0.3) is 0 Å². The molecular weight excluding hydrogens is 277 g/mol.